The topological polar surface area (TPSA) is 49.8 Å². The molecule has 0 aromatic heterocycles. The highest BCUT2D eigenvalue weighted by atomic mass is 19.1. The Kier molecular flexibility index (Phi) is 5.37. The number of alkyl halides is 1. The van der Waals surface area contributed by atoms with E-state index in [1.165, 1.54) is 16.7 Å². The first-order chi connectivity index (χ1) is 12.3. The fourth-order valence-electron chi connectivity index (χ4n) is 3.84. The summed E-state index contributed by atoms with van der Waals surface area (Å²) in [7, 11) is 0. The molecule has 5 heteroatoms. The number of hydrogen-bond acceptors (Lipinski definition) is 3. The van der Waals surface area contributed by atoms with Crippen molar-refractivity contribution in [1.82, 2.24) is 4.90 Å². The molecule has 1 saturated heterocycles. The van der Waals surface area contributed by atoms with Crippen molar-refractivity contribution in [3.05, 3.63) is 34.9 Å². The quantitative estimate of drug-likeness (QED) is 0.799. The van der Waals surface area contributed by atoms with Gasteiger partial charge in [0.25, 0.3) is 0 Å². The smallest absolute Gasteiger partial charge is 0.344 e. The minimum Gasteiger partial charge on any atom is -0.491 e. The second-order valence-electron chi connectivity index (χ2n) is 7.82. The van der Waals surface area contributed by atoms with Crippen LogP contribution in [-0.2, 0) is 11.2 Å². The number of rotatable bonds is 7. The van der Waals surface area contributed by atoms with Gasteiger partial charge in [0.2, 0.25) is 5.67 Å². The van der Waals surface area contributed by atoms with Crippen LogP contribution >= 0.6 is 0 Å². The van der Waals surface area contributed by atoms with Crippen molar-refractivity contribution in [1.29, 1.82) is 0 Å². The highest BCUT2D eigenvalue weighted by molar-refractivity contribution is 5.79. The Morgan fingerprint density at radius 2 is 2.19 bits per heavy atom. The van der Waals surface area contributed by atoms with Crippen molar-refractivity contribution >= 4 is 12.0 Å². The lowest BCUT2D eigenvalue weighted by molar-refractivity contribution is -0.163. The number of carboxylic acid groups (broad SMARTS) is 1. The maximum atomic E-state index is 13.9. The molecule has 1 unspecified atom stereocenters. The van der Waals surface area contributed by atoms with E-state index < -0.39 is 11.6 Å². The number of aliphatic carboxylic acids is 1. The Morgan fingerprint density at radius 1 is 1.46 bits per heavy atom. The number of ether oxygens (including phenoxy) is 1. The van der Waals surface area contributed by atoms with Crippen molar-refractivity contribution in [3.63, 3.8) is 0 Å². The second kappa shape index (κ2) is 7.39. The van der Waals surface area contributed by atoms with Crippen LogP contribution in [0.2, 0.25) is 0 Å². The number of fused-ring (bicyclic) bond motifs is 1. The SMILES string of the molecule is CCCC(C)Oc1ccc2c(c1)C[C@H](C)C(CN1CC(F)(C(=O)O)C1)=C2. The van der Waals surface area contributed by atoms with E-state index in [9.17, 15) is 9.18 Å². The summed E-state index contributed by atoms with van der Waals surface area (Å²) in [4.78, 5) is 12.8. The van der Waals surface area contributed by atoms with E-state index in [2.05, 4.69) is 39.0 Å². The van der Waals surface area contributed by atoms with Gasteiger partial charge in [0, 0.05) is 19.6 Å². The summed E-state index contributed by atoms with van der Waals surface area (Å²) in [5.41, 5.74) is 1.62. The first kappa shape index (κ1) is 18.9. The summed E-state index contributed by atoms with van der Waals surface area (Å²) in [6.45, 7) is 7.00. The average molecular weight is 361 g/mol. The maximum absolute atomic E-state index is 13.9. The Labute approximate surface area is 154 Å². The molecular formula is C21H28FNO3. The van der Waals surface area contributed by atoms with Crippen molar-refractivity contribution < 1.29 is 19.0 Å². The molecule has 26 heavy (non-hydrogen) atoms. The molecule has 1 fully saturated rings. The monoisotopic (exact) mass is 361 g/mol. The van der Waals surface area contributed by atoms with Gasteiger partial charge in [-0.3, -0.25) is 4.90 Å². The van der Waals surface area contributed by atoms with Gasteiger partial charge in [0.15, 0.2) is 0 Å². The normalized spacial score (nSPS) is 22.8. The first-order valence-electron chi connectivity index (χ1n) is 9.45. The molecule has 0 spiro atoms. The highest BCUT2D eigenvalue weighted by Gasteiger charge is 2.50. The van der Waals surface area contributed by atoms with E-state index in [4.69, 9.17) is 9.84 Å². The molecule has 142 valence electrons. The molecule has 0 radical (unpaired) electrons. The van der Waals surface area contributed by atoms with Crippen LogP contribution in [0.4, 0.5) is 4.39 Å². The average Bonchev–Trinajstić information content (AvgIpc) is 2.54. The van der Waals surface area contributed by atoms with Crippen molar-refractivity contribution in [2.45, 2.75) is 51.8 Å². The predicted molar refractivity (Wildman–Crippen MR) is 100 cm³/mol. The number of carbonyl (C=O) groups is 1. The number of likely N-dealkylation sites (tertiary alicyclic amines) is 1. The van der Waals surface area contributed by atoms with Gasteiger partial charge >= 0.3 is 5.97 Å². The molecule has 0 amide bonds. The van der Waals surface area contributed by atoms with Gasteiger partial charge in [-0.2, -0.15) is 0 Å². The molecule has 1 aliphatic heterocycles. The number of carboxylic acids is 1. The molecule has 4 nitrogen and oxygen atoms in total. The van der Waals surface area contributed by atoms with E-state index in [0.29, 0.717) is 12.5 Å². The molecule has 0 bridgehead atoms. The summed E-state index contributed by atoms with van der Waals surface area (Å²) in [5.74, 6) is -0.0833. The molecule has 0 saturated carbocycles. The largest absolute Gasteiger partial charge is 0.491 e. The van der Waals surface area contributed by atoms with Gasteiger partial charge in [-0.25, -0.2) is 9.18 Å². The van der Waals surface area contributed by atoms with Crippen LogP contribution in [0, 0.1) is 5.92 Å². The van der Waals surface area contributed by atoms with E-state index in [1.807, 2.05) is 11.0 Å². The Morgan fingerprint density at radius 3 is 2.85 bits per heavy atom. The Bertz CT molecular complexity index is 709. The summed E-state index contributed by atoms with van der Waals surface area (Å²) in [6.07, 6.45) is 5.45. The van der Waals surface area contributed by atoms with Crippen LogP contribution in [0.1, 0.15) is 44.7 Å². The van der Waals surface area contributed by atoms with E-state index in [-0.39, 0.29) is 19.2 Å². The van der Waals surface area contributed by atoms with Crippen LogP contribution in [-0.4, -0.2) is 47.4 Å². The molecule has 3 rings (SSSR count). The maximum Gasteiger partial charge on any atom is 0.344 e. The number of nitrogens with zero attached hydrogens (tertiary/aromatic N) is 1. The zero-order valence-electron chi connectivity index (χ0n) is 15.8. The molecule has 1 heterocycles. The third kappa shape index (κ3) is 3.93. The number of hydrogen-bond donors (Lipinski definition) is 1. The fourth-order valence-corrected chi connectivity index (χ4v) is 3.84. The third-order valence-corrected chi connectivity index (χ3v) is 5.38. The highest BCUT2D eigenvalue weighted by Crippen LogP contribution is 2.34. The van der Waals surface area contributed by atoms with Gasteiger partial charge in [0.05, 0.1) is 6.10 Å². The van der Waals surface area contributed by atoms with Gasteiger partial charge in [-0.15, -0.1) is 0 Å². The van der Waals surface area contributed by atoms with Crippen LogP contribution < -0.4 is 4.74 Å². The minimum atomic E-state index is -2.07. The van der Waals surface area contributed by atoms with Gasteiger partial charge < -0.3 is 9.84 Å². The molecular weight excluding hydrogens is 333 g/mol. The minimum absolute atomic E-state index is 0.0264. The van der Waals surface area contributed by atoms with E-state index >= 15 is 0 Å². The molecule has 1 aromatic rings. The zero-order chi connectivity index (χ0) is 18.9. The lowest BCUT2D eigenvalue weighted by atomic mass is 9.83. The van der Waals surface area contributed by atoms with Gasteiger partial charge in [0.1, 0.15) is 5.75 Å². The van der Waals surface area contributed by atoms with Crippen LogP contribution in [0.3, 0.4) is 0 Å². The van der Waals surface area contributed by atoms with Gasteiger partial charge in [-0.05, 0) is 48.9 Å². The van der Waals surface area contributed by atoms with Crippen molar-refractivity contribution in [2.24, 2.45) is 5.92 Å². The molecule has 1 N–H and O–H groups in total. The van der Waals surface area contributed by atoms with E-state index in [0.717, 1.165) is 25.0 Å². The summed E-state index contributed by atoms with van der Waals surface area (Å²) in [6, 6.07) is 6.23. The first-order valence-corrected chi connectivity index (χ1v) is 9.45. The summed E-state index contributed by atoms with van der Waals surface area (Å²) < 4.78 is 19.9. The van der Waals surface area contributed by atoms with Crippen molar-refractivity contribution in [2.75, 3.05) is 19.6 Å². The number of benzene rings is 1. The lowest BCUT2D eigenvalue weighted by Crippen LogP contribution is -2.63. The second-order valence-corrected chi connectivity index (χ2v) is 7.82. The molecule has 2 aliphatic rings. The Hall–Kier alpha value is -1.88. The third-order valence-electron chi connectivity index (χ3n) is 5.38. The van der Waals surface area contributed by atoms with Crippen LogP contribution in [0.15, 0.2) is 23.8 Å². The summed E-state index contributed by atoms with van der Waals surface area (Å²) >= 11 is 0. The molecule has 1 aliphatic carbocycles. The molecule has 1 aromatic carbocycles. The van der Waals surface area contributed by atoms with Crippen LogP contribution in [0.25, 0.3) is 6.08 Å². The van der Waals surface area contributed by atoms with Gasteiger partial charge in [-0.1, -0.05) is 38.0 Å². The number of halogens is 1. The standard InChI is InChI=1S/C21H28FNO3/c1-4-5-15(3)26-19-7-6-16-9-18(14(2)8-17(16)10-19)11-23-12-21(22,13-23)20(24)25/h6-7,9-10,14-15H,4-5,8,11-13H2,1-3H3,(H,24,25)/t14-,15?/m0/s1. The van der Waals surface area contributed by atoms with E-state index in [1.54, 1.807) is 0 Å². The molecule has 2 atom stereocenters. The summed E-state index contributed by atoms with van der Waals surface area (Å²) in [5, 5.41) is 8.89. The zero-order valence-corrected chi connectivity index (χ0v) is 15.8. The Balaban J connectivity index is 1.66. The predicted octanol–water partition coefficient (Wildman–Crippen LogP) is 3.94. The van der Waals surface area contributed by atoms with Crippen LogP contribution in [0.5, 0.6) is 5.75 Å². The lowest BCUT2D eigenvalue weighted by Gasteiger charge is -2.42. The van der Waals surface area contributed by atoms with Crippen molar-refractivity contribution in [3.8, 4) is 5.75 Å². The fraction of sp³-hybridized carbons (Fsp3) is 0.571.